The molecule has 0 saturated carbocycles. The Hall–Kier alpha value is -3.22. The lowest BCUT2D eigenvalue weighted by molar-refractivity contribution is 0.256. The largest absolute Gasteiger partial charge is 0.399 e. The molecule has 0 fully saturated rings. The van der Waals surface area contributed by atoms with Gasteiger partial charge in [0.05, 0.1) is 0 Å². The Bertz CT molecular complexity index is 834. The van der Waals surface area contributed by atoms with E-state index in [4.69, 9.17) is 25.7 Å². The van der Waals surface area contributed by atoms with Crippen LogP contribution in [0.1, 0.15) is 16.7 Å². The maximum atomic E-state index is 8.77. The molecule has 0 aromatic heterocycles. The van der Waals surface area contributed by atoms with Crippen molar-refractivity contribution in [2.75, 3.05) is 18.8 Å². The van der Waals surface area contributed by atoms with Gasteiger partial charge in [-0.3, -0.25) is 4.90 Å². The molecule has 6 heteroatoms. The van der Waals surface area contributed by atoms with Crippen LogP contribution < -0.4 is 15.2 Å². The molecule has 1 heterocycles. The van der Waals surface area contributed by atoms with Gasteiger partial charge in [0.15, 0.2) is 11.5 Å². The molecule has 0 radical (unpaired) electrons. The number of nitrogen functional groups attached to an aromatic ring is 1. The minimum Gasteiger partial charge on any atom is -0.399 e. The topological polar surface area (TPSA) is 95.3 Å². The average molecular weight is 334 g/mol. The van der Waals surface area contributed by atoms with Crippen molar-refractivity contribution in [1.29, 1.82) is 10.5 Å². The number of nitrogens with two attached hydrogens (primary N) is 1. The molecule has 0 unspecified atom stereocenters. The third-order valence-corrected chi connectivity index (χ3v) is 4.36. The van der Waals surface area contributed by atoms with Gasteiger partial charge in [-0.15, -0.1) is 10.5 Å². The maximum Gasteiger partial charge on any atom is 0.292 e. The summed E-state index contributed by atoms with van der Waals surface area (Å²) in [5.41, 5.74) is 9.97. The third kappa shape index (κ3) is 4.00. The smallest absolute Gasteiger partial charge is 0.292 e. The summed E-state index contributed by atoms with van der Waals surface area (Å²) in [6, 6.07) is 11.5. The summed E-state index contributed by atoms with van der Waals surface area (Å²) in [7, 11) is 0. The highest BCUT2D eigenvalue weighted by molar-refractivity contribution is 5.49. The molecule has 6 nitrogen and oxygen atoms in total. The number of hydrogen-bond donors (Lipinski definition) is 1. The van der Waals surface area contributed by atoms with E-state index in [1.807, 2.05) is 12.1 Å². The molecule has 0 spiro atoms. The van der Waals surface area contributed by atoms with Gasteiger partial charge >= 0.3 is 0 Å². The maximum absolute atomic E-state index is 8.77. The Kier molecular flexibility index (Phi) is 5.03. The normalized spacial score (nSPS) is 13.4. The molecule has 2 N–H and O–H groups in total. The molecule has 25 heavy (non-hydrogen) atoms. The van der Waals surface area contributed by atoms with Crippen molar-refractivity contribution in [2.45, 2.75) is 19.4 Å². The summed E-state index contributed by atoms with van der Waals surface area (Å²) >= 11 is 0. The van der Waals surface area contributed by atoms with Crippen molar-refractivity contribution < 1.29 is 9.47 Å². The Morgan fingerprint density at radius 1 is 1.00 bits per heavy atom. The second-order valence-electron chi connectivity index (χ2n) is 5.97. The third-order valence-electron chi connectivity index (χ3n) is 4.36. The van der Waals surface area contributed by atoms with Gasteiger partial charge in [-0.2, -0.15) is 0 Å². The molecule has 2 aromatic rings. The Morgan fingerprint density at radius 2 is 1.64 bits per heavy atom. The summed E-state index contributed by atoms with van der Waals surface area (Å²) in [4.78, 5) is 2.36. The van der Waals surface area contributed by atoms with Crippen LogP contribution in [0, 0.1) is 23.0 Å². The molecule has 0 saturated heterocycles. The van der Waals surface area contributed by atoms with Gasteiger partial charge in [0, 0.05) is 25.3 Å². The number of fused-ring (bicyclic) bond motifs is 1. The van der Waals surface area contributed by atoms with Crippen molar-refractivity contribution in [2.24, 2.45) is 0 Å². The van der Waals surface area contributed by atoms with Crippen LogP contribution in [0.15, 0.2) is 36.4 Å². The number of ether oxygens (including phenoxy) is 2. The van der Waals surface area contributed by atoms with E-state index in [0.717, 1.165) is 49.3 Å². The first kappa shape index (κ1) is 16.6. The van der Waals surface area contributed by atoms with E-state index in [1.165, 1.54) is 5.56 Å². The lowest BCUT2D eigenvalue weighted by atomic mass is 9.98. The van der Waals surface area contributed by atoms with E-state index in [2.05, 4.69) is 17.0 Å². The highest BCUT2D eigenvalue weighted by Gasteiger charge is 2.20. The number of rotatable bonds is 5. The van der Waals surface area contributed by atoms with Gasteiger partial charge < -0.3 is 15.2 Å². The predicted octanol–water partition coefficient (Wildman–Crippen LogP) is 2.59. The zero-order valence-electron chi connectivity index (χ0n) is 13.7. The summed E-state index contributed by atoms with van der Waals surface area (Å²) < 4.78 is 9.83. The average Bonchev–Trinajstić information content (AvgIpc) is 2.62. The van der Waals surface area contributed by atoms with Gasteiger partial charge in [0.1, 0.15) is 0 Å². The molecule has 126 valence electrons. The van der Waals surface area contributed by atoms with E-state index in [-0.39, 0.29) is 11.5 Å². The van der Waals surface area contributed by atoms with E-state index in [9.17, 15) is 0 Å². The molecule has 2 aromatic carbocycles. The van der Waals surface area contributed by atoms with E-state index < -0.39 is 0 Å². The summed E-state index contributed by atoms with van der Waals surface area (Å²) in [6.45, 7) is 2.65. The van der Waals surface area contributed by atoms with E-state index in [0.29, 0.717) is 0 Å². The van der Waals surface area contributed by atoms with E-state index >= 15 is 0 Å². The van der Waals surface area contributed by atoms with E-state index in [1.54, 1.807) is 24.6 Å². The van der Waals surface area contributed by atoms with Crippen molar-refractivity contribution in [3.63, 3.8) is 0 Å². The quantitative estimate of drug-likeness (QED) is 0.667. The number of benzene rings is 2. The molecule has 3 rings (SSSR count). The Labute approximate surface area is 146 Å². The summed E-state index contributed by atoms with van der Waals surface area (Å²) in [5, 5.41) is 17.5. The van der Waals surface area contributed by atoms with Crippen molar-refractivity contribution in [3.8, 4) is 24.0 Å². The standard InChI is InChI=1S/C19H18N4O2/c20-12-24-18-9-15-6-8-23(11-16(15)10-19(18)25-13-21)7-5-14-1-3-17(22)4-2-14/h1-4,9-10H,5-8,11,22H2. The zero-order chi connectivity index (χ0) is 17.6. The van der Waals surface area contributed by atoms with Crippen LogP contribution in [0.5, 0.6) is 11.5 Å². The van der Waals surface area contributed by atoms with Gasteiger partial charge in [0.2, 0.25) is 0 Å². The minimum atomic E-state index is 0.281. The highest BCUT2D eigenvalue weighted by atomic mass is 16.5. The van der Waals surface area contributed by atoms with Gasteiger partial charge in [-0.1, -0.05) is 12.1 Å². The molecule has 1 aliphatic rings. The summed E-state index contributed by atoms with van der Waals surface area (Å²) in [6.07, 6.45) is 5.09. The van der Waals surface area contributed by atoms with Crippen molar-refractivity contribution in [1.82, 2.24) is 4.90 Å². The van der Waals surface area contributed by atoms with Gasteiger partial charge in [-0.05, 0) is 53.8 Å². The predicted molar refractivity (Wildman–Crippen MR) is 92.5 cm³/mol. The van der Waals surface area contributed by atoms with Crippen molar-refractivity contribution in [3.05, 3.63) is 53.1 Å². The zero-order valence-corrected chi connectivity index (χ0v) is 13.7. The molecular weight excluding hydrogens is 316 g/mol. The first-order valence-corrected chi connectivity index (χ1v) is 8.04. The number of nitriles is 2. The second kappa shape index (κ2) is 7.57. The van der Waals surface area contributed by atoms with Crippen molar-refractivity contribution >= 4 is 5.69 Å². The van der Waals surface area contributed by atoms with Gasteiger partial charge in [-0.25, -0.2) is 0 Å². The lowest BCUT2D eigenvalue weighted by Crippen LogP contribution is -2.32. The molecule has 0 amide bonds. The molecule has 1 aliphatic heterocycles. The SMILES string of the molecule is N#COc1cc2c(cc1OC#N)CN(CCc1ccc(N)cc1)CC2. The van der Waals surface area contributed by atoms with Gasteiger partial charge in [0.25, 0.3) is 12.5 Å². The fraction of sp³-hybridized carbons (Fsp3) is 0.263. The number of nitrogens with zero attached hydrogens (tertiary/aromatic N) is 3. The molecule has 0 aliphatic carbocycles. The van der Waals surface area contributed by atoms with Crippen LogP contribution in [0.2, 0.25) is 0 Å². The molecule has 0 bridgehead atoms. The monoisotopic (exact) mass is 334 g/mol. The summed E-state index contributed by atoms with van der Waals surface area (Å²) in [5.74, 6) is 0.571. The fourth-order valence-corrected chi connectivity index (χ4v) is 3.04. The number of anilines is 1. The first-order valence-electron chi connectivity index (χ1n) is 8.04. The fourth-order valence-electron chi connectivity index (χ4n) is 3.04. The van der Waals surface area contributed by atoms with Crippen LogP contribution in [0.4, 0.5) is 5.69 Å². The Balaban J connectivity index is 1.70. The van der Waals surface area contributed by atoms with Crippen LogP contribution in [-0.4, -0.2) is 18.0 Å². The second-order valence-corrected chi connectivity index (χ2v) is 5.97. The number of hydrogen-bond acceptors (Lipinski definition) is 6. The van der Waals surface area contributed by atoms with Crippen LogP contribution >= 0.6 is 0 Å². The lowest BCUT2D eigenvalue weighted by Gasteiger charge is -2.29. The molecule has 0 atom stereocenters. The Morgan fingerprint density at radius 3 is 2.28 bits per heavy atom. The molecular formula is C19H18N4O2. The highest BCUT2D eigenvalue weighted by Crippen LogP contribution is 2.33. The first-order chi connectivity index (χ1) is 12.2. The minimum absolute atomic E-state index is 0.281. The van der Waals surface area contributed by atoms with Crippen LogP contribution in [0.25, 0.3) is 0 Å². The van der Waals surface area contributed by atoms with Crippen LogP contribution in [-0.2, 0) is 19.4 Å². The van der Waals surface area contributed by atoms with Crippen LogP contribution in [0.3, 0.4) is 0 Å².